The molecular formula is C82H156O17P2. The second-order valence-electron chi connectivity index (χ2n) is 28.8. The number of hydrogen-bond acceptors (Lipinski definition) is 15. The second-order valence-corrected chi connectivity index (χ2v) is 31.7. The number of esters is 4. The van der Waals surface area contributed by atoms with E-state index < -0.39 is 97.5 Å². The summed E-state index contributed by atoms with van der Waals surface area (Å²) in [5, 5.41) is 10.6. The number of carbonyl (C=O) groups is 4. The Morgan fingerprint density at radius 1 is 0.277 bits per heavy atom. The van der Waals surface area contributed by atoms with E-state index in [4.69, 9.17) is 37.0 Å². The van der Waals surface area contributed by atoms with Crippen LogP contribution in [0.2, 0.25) is 0 Å². The largest absolute Gasteiger partial charge is 0.472 e. The van der Waals surface area contributed by atoms with Gasteiger partial charge in [-0.25, -0.2) is 9.13 Å². The number of allylic oxidation sites excluding steroid dienone is 4. The van der Waals surface area contributed by atoms with Gasteiger partial charge in [-0.2, -0.15) is 0 Å². The van der Waals surface area contributed by atoms with Gasteiger partial charge in [0.25, 0.3) is 0 Å². The highest BCUT2D eigenvalue weighted by molar-refractivity contribution is 7.47. The van der Waals surface area contributed by atoms with Crippen LogP contribution in [0.1, 0.15) is 419 Å². The zero-order valence-electron chi connectivity index (χ0n) is 65.4. The number of ether oxygens (including phenoxy) is 4. The first-order valence-electron chi connectivity index (χ1n) is 42.1. The lowest BCUT2D eigenvalue weighted by Gasteiger charge is -2.21. The minimum absolute atomic E-state index is 0.0853. The lowest BCUT2D eigenvalue weighted by atomic mass is 10.0. The first kappa shape index (κ1) is 98.5. The van der Waals surface area contributed by atoms with Crippen LogP contribution in [0.25, 0.3) is 0 Å². The second kappa shape index (κ2) is 75.8. The van der Waals surface area contributed by atoms with Gasteiger partial charge >= 0.3 is 39.5 Å². The van der Waals surface area contributed by atoms with Crippen LogP contribution in [0.5, 0.6) is 0 Å². The highest BCUT2D eigenvalue weighted by Crippen LogP contribution is 2.45. The van der Waals surface area contributed by atoms with E-state index in [1.54, 1.807) is 0 Å². The SMILES string of the molecule is CCCCCC/C=C\C=C/CCCCCCCC(=O)O[C@H](COC(=O)CCCCCCCCC)COP(=O)(O)OC[C@H](O)COP(=O)(O)OC[C@@H](COC(=O)CCCCCCCCCCCCCCCCCCC)OC(=O)CCCCCCCCCCCCCCCCCCCCCCCC. The zero-order valence-corrected chi connectivity index (χ0v) is 67.2. The van der Waals surface area contributed by atoms with E-state index in [2.05, 4.69) is 52.0 Å². The van der Waals surface area contributed by atoms with Crippen LogP contribution in [0, 0.1) is 0 Å². The summed E-state index contributed by atoms with van der Waals surface area (Å²) in [6.07, 6.45) is 71.9. The molecule has 0 amide bonds. The molecule has 0 aliphatic carbocycles. The molecule has 0 aliphatic heterocycles. The molecule has 0 radical (unpaired) electrons. The third-order valence-electron chi connectivity index (χ3n) is 18.7. The van der Waals surface area contributed by atoms with Crippen LogP contribution >= 0.6 is 15.6 Å². The Balaban J connectivity index is 5.19. The average Bonchev–Trinajstić information content (AvgIpc) is 0.979. The standard InChI is InChI=1S/C82H156O17P2/c1-5-9-13-17-21-24-27-30-33-35-36-37-38-39-41-44-47-50-53-57-61-65-69-82(87)99-78(73-93-80(85)67-63-59-55-51-48-45-43-40-34-31-28-25-22-18-14-10-6-2)75-97-101(90,91)95-71-76(83)70-94-100(88,89)96-74-77(72-92-79(84)66-62-58-54-20-16-12-8-4)98-81(86)68-64-60-56-52-49-46-42-32-29-26-23-19-15-11-7-3/h26,29,32,42,76-78,83H,5-25,27-28,30-31,33-41,43-75H2,1-4H3,(H,88,89)(H,90,91)/b29-26-,42-32-/t76-,77+,78+/m0/s1. The van der Waals surface area contributed by atoms with Gasteiger partial charge in [-0.1, -0.05) is 367 Å². The fourth-order valence-electron chi connectivity index (χ4n) is 12.3. The fourth-order valence-corrected chi connectivity index (χ4v) is 13.9. The zero-order chi connectivity index (χ0) is 73.9. The number of phosphoric ester groups is 2. The van der Waals surface area contributed by atoms with Crippen molar-refractivity contribution in [2.75, 3.05) is 39.6 Å². The van der Waals surface area contributed by atoms with E-state index in [9.17, 15) is 43.2 Å². The fraction of sp³-hybridized carbons (Fsp3) is 0.902. The molecule has 17 nitrogen and oxygen atoms in total. The molecule has 0 aromatic carbocycles. The predicted octanol–water partition coefficient (Wildman–Crippen LogP) is 24.5. The summed E-state index contributed by atoms with van der Waals surface area (Å²) in [6, 6.07) is 0. The Hall–Kier alpha value is -2.46. The Morgan fingerprint density at radius 2 is 0.475 bits per heavy atom. The molecule has 5 atom stereocenters. The van der Waals surface area contributed by atoms with Crippen molar-refractivity contribution in [2.24, 2.45) is 0 Å². The van der Waals surface area contributed by atoms with Gasteiger partial charge < -0.3 is 33.8 Å². The number of hydrogen-bond donors (Lipinski definition) is 3. The van der Waals surface area contributed by atoms with Crippen molar-refractivity contribution < 1.29 is 80.2 Å². The van der Waals surface area contributed by atoms with Crippen LogP contribution in [-0.2, 0) is 65.4 Å². The third-order valence-corrected chi connectivity index (χ3v) is 20.6. The van der Waals surface area contributed by atoms with Gasteiger partial charge in [-0.15, -0.1) is 0 Å². The summed E-state index contributed by atoms with van der Waals surface area (Å²) in [5.74, 6) is -2.14. The summed E-state index contributed by atoms with van der Waals surface area (Å²) in [5.41, 5.74) is 0. The smallest absolute Gasteiger partial charge is 0.462 e. The summed E-state index contributed by atoms with van der Waals surface area (Å²) in [6.45, 7) is 4.91. The van der Waals surface area contributed by atoms with Crippen molar-refractivity contribution in [3.63, 3.8) is 0 Å². The minimum atomic E-state index is -4.96. The monoisotopic (exact) mass is 1480 g/mol. The number of aliphatic hydroxyl groups excluding tert-OH is 1. The van der Waals surface area contributed by atoms with Gasteiger partial charge in [0.15, 0.2) is 12.2 Å². The topological polar surface area (TPSA) is 237 Å². The number of unbranched alkanes of at least 4 members (excludes halogenated alkanes) is 52. The quantitative estimate of drug-likeness (QED) is 0.0169. The molecule has 0 saturated carbocycles. The Bertz CT molecular complexity index is 2010. The highest BCUT2D eigenvalue weighted by Gasteiger charge is 2.30. The van der Waals surface area contributed by atoms with Gasteiger partial charge in [-0.05, 0) is 51.4 Å². The lowest BCUT2D eigenvalue weighted by molar-refractivity contribution is -0.161. The van der Waals surface area contributed by atoms with E-state index in [1.165, 1.54) is 225 Å². The first-order chi connectivity index (χ1) is 49.2. The maximum absolute atomic E-state index is 13.1. The Kier molecular flexibility index (Phi) is 73.9. The number of aliphatic hydroxyl groups is 1. The van der Waals surface area contributed by atoms with Gasteiger partial charge in [0, 0.05) is 25.7 Å². The van der Waals surface area contributed by atoms with E-state index in [-0.39, 0.29) is 25.7 Å². The molecule has 0 fully saturated rings. The molecular weight excluding hydrogens is 1320 g/mol. The molecule has 596 valence electrons. The number of rotatable bonds is 81. The molecule has 0 bridgehead atoms. The van der Waals surface area contributed by atoms with Crippen LogP contribution < -0.4 is 0 Å². The molecule has 0 saturated heterocycles. The van der Waals surface area contributed by atoms with Gasteiger partial charge in [0.05, 0.1) is 26.4 Å². The summed E-state index contributed by atoms with van der Waals surface area (Å²) in [4.78, 5) is 72.9. The van der Waals surface area contributed by atoms with Crippen LogP contribution in [0.3, 0.4) is 0 Å². The first-order valence-corrected chi connectivity index (χ1v) is 45.1. The lowest BCUT2D eigenvalue weighted by Crippen LogP contribution is -2.30. The van der Waals surface area contributed by atoms with Crippen molar-refractivity contribution in [1.82, 2.24) is 0 Å². The third kappa shape index (κ3) is 75.6. The van der Waals surface area contributed by atoms with Crippen molar-refractivity contribution in [2.45, 2.75) is 438 Å². The van der Waals surface area contributed by atoms with E-state index in [0.717, 1.165) is 116 Å². The average molecular weight is 1480 g/mol. The van der Waals surface area contributed by atoms with E-state index in [1.807, 2.05) is 0 Å². The number of phosphoric acid groups is 2. The Labute approximate surface area is 618 Å². The summed E-state index contributed by atoms with van der Waals surface area (Å²) in [7, 11) is -9.93. The van der Waals surface area contributed by atoms with Crippen molar-refractivity contribution in [1.29, 1.82) is 0 Å². The summed E-state index contributed by atoms with van der Waals surface area (Å²) >= 11 is 0. The van der Waals surface area contributed by atoms with Crippen LogP contribution in [0.15, 0.2) is 24.3 Å². The van der Waals surface area contributed by atoms with Crippen LogP contribution in [0.4, 0.5) is 0 Å². The van der Waals surface area contributed by atoms with Crippen molar-refractivity contribution in [3.8, 4) is 0 Å². The van der Waals surface area contributed by atoms with E-state index in [0.29, 0.717) is 25.7 Å². The molecule has 0 aliphatic rings. The molecule has 0 spiro atoms. The molecule has 0 aromatic rings. The molecule has 0 heterocycles. The normalized spacial score (nSPS) is 13.9. The van der Waals surface area contributed by atoms with Crippen molar-refractivity contribution >= 4 is 39.5 Å². The van der Waals surface area contributed by atoms with E-state index >= 15 is 0 Å². The van der Waals surface area contributed by atoms with Gasteiger partial charge in [-0.3, -0.25) is 37.3 Å². The molecule has 101 heavy (non-hydrogen) atoms. The maximum Gasteiger partial charge on any atom is 0.472 e. The van der Waals surface area contributed by atoms with Gasteiger partial charge in [0.1, 0.15) is 19.3 Å². The molecule has 19 heteroatoms. The van der Waals surface area contributed by atoms with Crippen LogP contribution in [-0.4, -0.2) is 96.7 Å². The number of carbonyl (C=O) groups excluding carboxylic acids is 4. The maximum atomic E-state index is 13.1. The highest BCUT2D eigenvalue weighted by atomic mass is 31.2. The summed E-state index contributed by atoms with van der Waals surface area (Å²) < 4.78 is 68.6. The predicted molar refractivity (Wildman–Crippen MR) is 414 cm³/mol. The molecule has 0 aromatic heterocycles. The van der Waals surface area contributed by atoms with Crippen molar-refractivity contribution in [3.05, 3.63) is 24.3 Å². The molecule has 2 unspecified atom stereocenters. The van der Waals surface area contributed by atoms with Gasteiger partial charge in [0.2, 0.25) is 0 Å². The minimum Gasteiger partial charge on any atom is -0.462 e. The molecule has 0 rings (SSSR count). The Morgan fingerprint density at radius 3 is 0.723 bits per heavy atom. The molecule has 3 N–H and O–H groups in total.